The van der Waals surface area contributed by atoms with Crippen LogP contribution in [-0.4, -0.2) is 30.8 Å². The summed E-state index contributed by atoms with van der Waals surface area (Å²) in [6.07, 6.45) is 2.42. The lowest BCUT2D eigenvalue weighted by Crippen LogP contribution is -2.30. The van der Waals surface area contributed by atoms with Gasteiger partial charge in [-0.1, -0.05) is 24.3 Å². The molecule has 0 bridgehead atoms. The van der Waals surface area contributed by atoms with Crippen LogP contribution in [0.15, 0.2) is 54.7 Å². The first-order valence-electron chi connectivity index (χ1n) is 8.57. The van der Waals surface area contributed by atoms with Crippen LogP contribution in [0.2, 0.25) is 0 Å². The van der Waals surface area contributed by atoms with Crippen molar-refractivity contribution in [3.63, 3.8) is 0 Å². The average molecular weight is 349 g/mol. The zero-order valence-corrected chi connectivity index (χ0v) is 14.2. The number of fused-ring (bicyclic) bond motifs is 2. The molecule has 4 rings (SSSR count). The predicted octanol–water partition coefficient (Wildman–Crippen LogP) is 3.37. The number of anilines is 1. The van der Waals surface area contributed by atoms with Crippen molar-refractivity contribution in [1.82, 2.24) is 10.3 Å². The summed E-state index contributed by atoms with van der Waals surface area (Å²) in [5.74, 6) is 1.54. The molecule has 2 amide bonds. The molecule has 26 heavy (non-hydrogen) atoms. The SMILES string of the molecule is O=C(NCCc1ccc2c(c1)OCCO2)Nc1cccc2cccnc12. The smallest absolute Gasteiger partial charge is 0.319 e. The van der Waals surface area contributed by atoms with Crippen LogP contribution in [0.4, 0.5) is 10.5 Å². The summed E-state index contributed by atoms with van der Waals surface area (Å²) in [4.78, 5) is 16.5. The van der Waals surface area contributed by atoms with Crippen LogP contribution in [0.1, 0.15) is 5.56 Å². The Balaban J connectivity index is 1.34. The normalized spacial score (nSPS) is 12.6. The maximum atomic E-state index is 12.2. The van der Waals surface area contributed by atoms with Crippen LogP contribution in [0.5, 0.6) is 11.5 Å². The van der Waals surface area contributed by atoms with Crippen molar-refractivity contribution in [2.24, 2.45) is 0 Å². The van der Waals surface area contributed by atoms with Crippen molar-refractivity contribution in [3.05, 3.63) is 60.3 Å². The fraction of sp³-hybridized carbons (Fsp3) is 0.200. The van der Waals surface area contributed by atoms with Crippen LogP contribution in [0.3, 0.4) is 0 Å². The first kappa shape index (κ1) is 16.2. The molecule has 1 aliphatic rings. The molecule has 1 aromatic heterocycles. The van der Waals surface area contributed by atoms with Crippen LogP contribution in [0.25, 0.3) is 10.9 Å². The van der Waals surface area contributed by atoms with E-state index in [0.717, 1.165) is 28.0 Å². The molecule has 0 unspecified atom stereocenters. The van der Waals surface area contributed by atoms with Gasteiger partial charge in [0.05, 0.1) is 11.2 Å². The Labute approximate surface area is 151 Å². The van der Waals surface area contributed by atoms with Gasteiger partial charge in [-0.3, -0.25) is 4.98 Å². The van der Waals surface area contributed by atoms with Gasteiger partial charge in [-0.25, -0.2) is 4.79 Å². The number of nitrogens with zero attached hydrogens (tertiary/aromatic N) is 1. The molecule has 2 heterocycles. The number of hydrogen-bond donors (Lipinski definition) is 2. The minimum absolute atomic E-state index is 0.249. The number of carbonyl (C=O) groups excluding carboxylic acids is 1. The molecule has 3 aromatic rings. The highest BCUT2D eigenvalue weighted by atomic mass is 16.6. The summed E-state index contributed by atoms with van der Waals surface area (Å²) in [5, 5.41) is 6.73. The van der Waals surface area contributed by atoms with Gasteiger partial charge in [0.2, 0.25) is 0 Å². The summed E-state index contributed by atoms with van der Waals surface area (Å²) in [6, 6.07) is 15.2. The van der Waals surface area contributed by atoms with Crippen molar-refractivity contribution in [1.29, 1.82) is 0 Å². The van der Waals surface area contributed by atoms with E-state index in [0.29, 0.717) is 31.9 Å². The Morgan fingerprint density at radius 3 is 2.81 bits per heavy atom. The van der Waals surface area contributed by atoms with Gasteiger partial charge >= 0.3 is 6.03 Å². The highest BCUT2D eigenvalue weighted by molar-refractivity contribution is 5.99. The van der Waals surface area contributed by atoms with E-state index in [1.165, 1.54) is 0 Å². The number of rotatable bonds is 4. The number of para-hydroxylation sites is 1. The Morgan fingerprint density at radius 2 is 1.88 bits per heavy atom. The largest absolute Gasteiger partial charge is 0.486 e. The molecule has 0 atom stereocenters. The molecule has 132 valence electrons. The van der Waals surface area contributed by atoms with E-state index < -0.39 is 0 Å². The second kappa shape index (κ2) is 7.31. The third-order valence-corrected chi connectivity index (χ3v) is 4.19. The molecule has 6 nitrogen and oxygen atoms in total. The summed E-state index contributed by atoms with van der Waals surface area (Å²) >= 11 is 0. The van der Waals surface area contributed by atoms with Crippen LogP contribution >= 0.6 is 0 Å². The van der Waals surface area contributed by atoms with Crippen molar-refractivity contribution in [3.8, 4) is 11.5 Å². The molecule has 2 N–H and O–H groups in total. The molecule has 1 aliphatic heterocycles. The number of urea groups is 1. The fourth-order valence-corrected chi connectivity index (χ4v) is 2.94. The number of aromatic nitrogens is 1. The number of hydrogen-bond acceptors (Lipinski definition) is 4. The van der Waals surface area contributed by atoms with Gasteiger partial charge in [-0.15, -0.1) is 0 Å². The first-order valence-corrected chi connectivity index (χ1v) is 8.57. The maximum absolute atomic E-state index is 12.2. The predicted molar refractivity (Wildman–Crippen MR) is 99.9 cm³/mol. The lowest BCUT2D eigenvalue weighted by Gasteiger charge is -2.18. The van der Waals surface area contributed by atoms with E-state index in [1.807, 2.05) is 48.5 Å². The van der Waals surface area contributed by atoms with Gasteiger partial charge in [-0.05, 0) is 36.2 Å². The first-order chi connectivity index (χ1) is 12.8. The quantitative estimate of drug-likeness (QED) is 0.757. The standard InChI is InChI=1S/C20H19N3O3/c24-20(23-16-5-1-3-15-4-2-9-21-19(15)16)22-10-8-14-6-7-17-18(13-14)26-12-11-25-17/h1-7,9,13H,8,10-12H2,(H2,22,23,24). The topological polar surface area (TPSA) is 72.5 Å². The van der Waals surface area contributed by atoms with Gasteiger partial charge in [0.15, 0.2) is 11.5 Å². The number of benzene rings is 2. The van der Waals surface area contributed by atoms with Gasteiger partial charge in [0, 0.05) is 18.1 Å². The average Bonchev–Trinajstić information content (AvgIpc) is 2.68. The van der Waals surface area contributed by atoms with Gasteiger partial charge < -0.3 is 20.1 Å². The summed E-state index contributed by atoms with van der Waals surface area (Å²) in [6.45, 7) is 1.66. The Bertz CT molecular complexity index is 937. The molecular weight excluding hydrogens is 330 g/mol. The molecule has 0 saturated carbocycles. The van der Waals surface area contributed by atoms with Gasteiger partial charge in [0.25, 0.3) is 0 Å². The van der Waals surface area contributed by atoms with E-state index in [-0.39, 0.29) is 6.03 Å². The van der Waals surface area contributed by atoms with E-state index >= 15 is 0 Å². The van der Waals surface area contributed by atoms with Crippen molar-refractivity contribution in [2.45, 2.75) is 6.42 Å². The lowest BCUT2D eigenvalue weighted by molar-refractivity contribution is 0.171. The second-order valence-electron chi connectivity index (χ2n) is 5.99. The summed E-state index contributed by atoms with van der Waals surface area (Å²) in [7, 11) is 0. The van der Waals surface area contributed by atoms with Crippen LogP contribution < -0.4 is 20.1 Å². The van der Waals surface area contributed by atoms with Crippen molar-refractivity contribution >= 4 is 22.6 Å². The molecule has 0 saturated heterocycles. The van der Waals surface area contributed by atoms with E-state index in [1.54, 1.807) is 6.20 Å². The highest BCUT2D eigenvalue weighted by Crippen LogP contribution is 2.30. The van der Waals surface area contributed by atoms with E-state index in [4.69, 9.17) is 9.47 Å². The van der Waals surface area contributed by atoms with Crippen LogP contribution in [0, 0.1) is 0 Å². The monoisotopic (exact) mass is 349 g/mol. The number of amides is 2. The summed E-state index contributed by atoms with van der Waals surface area (Å²) < 4.78 is 11.1. The molecule has 0 fully saturated rings. The zero-order chi connectivity index (χ0) is 17.8. The number of carbonyl (C=O) groups is 1. The van der Waals surface area contributed by atoms with Gasteiger partial charge in [-0.2, -0.15) is 0 Å². The number of ether oxygens (including phenoxy) is 2. The maximum Gasteiger partial charge on any atom is 0.319 e. The molecule has 0 radical (unpaired) electrons. The zero-order valence-electron chi connectivity index (χ0n) is 14.2. The Kier molecular flexibility index (Phi) is 4.55. The summed E-state index contributed by atoms with van der Waals surface area (Å²) in [5.41, 5.74) is 2.55. The van der Waals surface area contributed by atoms with Gasteiger partial charge in [0.1, 0.15) is 13.2 Å². The van der Waals surface area contributed by atoms with E-state index in [9.17, 15) is 4.79 Å². The van der Waals surface area contributed by atoms with E-state index in [2.05, 4.69) is 15.6 Å². The molecule has 0 aliphatic carbocycles. The van der Waals surface area contributed by atoms with Crippen LogP contribution in [-0.2, 0) is 6.42 Å². The van der Waals surface area contributed by atoms with Crippen molar-refractivity contribution < 1.29 is 14.3 Å². The third kappa shape index (κ3) is 3.54. The Morgan fingerprint density at radius 1 is 1.04 bits per heavy atom. The molecular formula is C20H19N3O3. The number of nitrogens with one attached hydrogen (secondary N) is 2. The van der Waals surface area contributed by atoms with Crippen molar-refractivity contribution in [2.75, 3.05) is 25.1 Å². The molecule has 2 aromatic carbocycles. The molecule has 6 heteroatoms. The fourth-order valence-electron chi connectivity index (χ4n) is 2.94. The minimum atomic E-state index is -0.249. The second-order valence-corrected chi connectivity index (χ2v) is 5.99. The molecule has 0 spiro atoms. The third-order valence-electron chi connectivity index (χ3n) is 4.19. The minimum Gasteiger partial charge on any atom is -0.486 e. The lowest BCUT2D eigenvalue weighted by atomic mass is 10.1. The number of pyridine rings is 1. The highest BCUT2D eigenvalue weighted by Gasteiger charge is 2.12. The Hall–Kier alpha value is -3.28.